The maximum atomic E-state index is 12.0. The molecule has 1 aromatic rings. The van der Waals surface area contributed by atoms with Crippen LogP contribution in [0.5, 0.6) is 0 Å². The monoisotopic (exact) mass is 243 g/mol. The van der Waals surface area contributed by atoms with E-state index in [1.54, 1.807) is 15.9 Å². The van der Waals surface area contributed by atoms with Gasteiger partial charge in [0.2, 0.25) is 5.54 Å². The molecule has 80 valence electrons. The van der Waals surface area contributed by atoms with Crippen LogP contribution < -0.4 is 12.4 Å². The maximum Gasteiger partial charge on any atom is 0.424 e. The largest absolute Gasteiger partial charge is 1.00 e. The lowest BCUT2D eigenvalue weighted by atomic mass is 10.1. The predicted octanol–water partition coefficient (Wildman–Crippen LogP) is -1.53. The smallest absolute Gasteiger partial charge is 0.424 e. The normalized spacial score (nSPS) is 20.8. The fraction of sp³-hybridized carbons (Fsp3) is 0.400. The van der Waals surface area contributed by atoms with Gasteiger partial charge >= 0.3 is 11.8 Å². The second-order valence-electron chi connectivity index (χ2n) is 4.21. The van der Waals surface area contributed by atoms with Crippen molar-refractivity contribution in [3.63, 3.8) is 0 Å². The van der Waals surface area contributed by atoms with Crippen LogP contribution in [0, 0.1) is 0 Å². The highest BCUT2D eigenvalue weighted by molar-refractivity contribution is 7.12. The van der Waals surface area contributed by atoms with Gasteiger partial charge in [0, 0.05) is 13.8 Å². The summed E-state index contributed by atoms with van der Waals surface area (Å²) in [4.78, 5) is 13.0. The summed E-state index contributed by atoms with van der Waals surface area (Å²) in [6.07, 6.45) is 0. The fourth-order valence-electron chi connectivity index (χ4n) is 1.95. The molecule has 0 spiro atoms. The Morgan fingerprint density at radius 2 is 2.27 bits per heavy atom. The summed E-state index contributed by atoms with van der Waals surface area (Å²) in [5.74, 6) is 0.837. The number of hydrogen-bond acceptors (Lipinski definition) is 3. The predicted molar refractivity (Wildman–Crippen MR) is 53.0 cm³/mol. The highest BCUT2D eigenvalue weighted by Gasteiger charge is 2.54. The number of thiophene rings is 1. The van der Waals surface area contributed by atoms with Crippen LogP contribution in [0.4, 0.5) is 0 Å². The zero-order valence-electron chi connectivity index (χ0n) is 8.41. The van der Waals surface area contributed by atoms with Gasteiger partial charge in [0.1, 0.15) is 5.56 Å². The third-order valence-corrected chi connectivity index (χ3v) is 3.57. The first kappa shape index (κ1) is 10.6. The van der Waals surface area contributed by atoms with E-state index < -0.39 is 0 Å². The van der Waals surface area contributed by atoms with Crippen LogP contribution in [0.15, 0.2) is 11.4 Å². The first-order valence-corrected chi connectivity index (χ1v) is 5.41. The third-order valence-electron chi connectivity index (χ3n) is 2.66. The first-order chi connectivity index (χ1) is 6.61. The lowest BCUT2D eigenvalue weighted by molar-refractivity contribution is -0.495. The number of hydrogen-bond donors (Lipinski definition) is 0. The van der Waals surface area contributed by atoms with Crippen LogP contribution in [0.3, 0.4) is 0 Å². The molecule has 0 aromatic carbocycles. The van der Waals surface area contributed by atoms with E-state index in [-0.39, 0.29) is 23.9 Å². The molecule has 3 nitrogen and oxygen atoms in total. The van der Waals surface area contributed by atoms with E-state index in [1.165, 1.54) is 0 Å². The van der Waals surface area contributed by atoms with Crippen molar-refractivity contribution < 1.29 is 26.5 Å². The molecule has 0 bridgehead atoms. The molecule has 0 saturated carbocycles. The molecule has 0 N–H and O–H groups in total. The number of carbonyl (C=O) groups excluding carboxylic acids is 1. The van der Waals surface area contributed by atoms with Gasteiger partial charge in [-0.15, -0.1) is 15.9 Å². The Labute approximate surface area is 97.8 Å². The van der Waals surface area contributed by atoms with Gasteiger partial charge in [-0.25, -0.2) is 4.79 Å². The lowest BCUT2D eigenvalue weighted by Crippen LogP contribution is -3.00. The first-order valence-electron chi connectivity index (χ1n) is 4.53. The Balaban J connectivity index is 0.000000853. The molecule has 0 atom stereocenters. The Morgan fingerprint density at radius 1 is 1.53 bits per heavy atom. The number of fused-ring (bicyclic) bond motifs is 2. The average Bonchev–Trinajstić information content (AvgIpc) is 2.70. The highest BCUT2D eigenvalue weighted by Crippen LogP contribution is 2.32. The summed E-state index contributed by atoms with van der Waals surface area (Å²) in [7, 11) is 0. The van der Waals surface area contributed by atoms with Crippen molar-refractivity contribution in [3.05, 3.63) is 21.9 Å². The van der Waals surface area contributed by atoms with Crippen LogP contribution >= 0.6 is 11.3 Å². The number of carbonyl (C=O) groups is 1. The van der Waals surface area contributed by atoms with E-state index in [2.05, 4.69) is 0 Å². The Morgan fingerprint density at radius 3 is 3.00 bits per heavy atom. The molecular formula is C10H10ClNO2S. The summed E-state index contributed by atoms with van der Waals surface area (Å²) in [5.41, 5.74) is 0.586. The van der Waals surface area contributed by atoms with Crippen molar-refractivity contribution in [2.75, 3.05) is 6.61 Å². The molecule has 0 aliphatic carbocycles. The fourth-order valence-corrected chi connectivity index (χ4v) is 2.82. The summed E-state index contributed by atoms with van der Waals surface area (Å²) >= 11 is 1.57. The number of amides is 1. The van der Waals surface area contributed by atoms with E-state index >= 15 is 0 Å². The molecule has 2 aliphatic rings. The van der Waals surface area contributed by atoms with Crippen molar-refractivity contribution >= 4 is 23.1 Å². The van der Waals surface area contributed by atoms with Gasteiger partial charge in [0.05, 0.1) is 0 Å². The number of nitrogens with zero attached hydrogens (tertiary/aromatic N) is 1. The van der Waals surface area contributed by atoms with Crippen LogP contribution in [0.25, 0.3) is 0 Å². The third kappa shape index (κ3) is 1.18. The van der Waals surface area contributed by atoms with Gasteiger partial charge in [0.15, 0.2) is 11.5 Å². The summed E-state index contributed by atoms with van der Waals surface area (Å²) < 4.78 is 7.35. The van der Waals surface area contributed by atoms with Crippen LogP contribution in [-0.2, 0) is 4.74 Å². The number of halogens is 1. The van der Waals surface area contributed by atoms with Crippen molar-refractivity contribution in [3.8, 4) is 0 Å². The zero-order chi connectivity index (χ0) is 9.92. The zero-order valence-corrected chi connectivity index (χ0v) is 9.98. The molecule has 1 amide bonds. The van der Waals surface area contributed by atoms with E-state index in [4.69, 9.17) is 4.74 Å². The minimum absolute atomic E-state index is 0. The Bertz CT molecular complexity index is 476. The molecule has 0 unspecified atom stereocenters. The van der Waals surface area contributed by atoms with E-state index in [0.29, 0.717) is 6.61 Å². The standard InChI is InChI=1S/C10H10NO2S.ClH/c1-10(2)5-13-9-7-6(3-4-14-7)8(12)11(9)10;/h3-4H,5H2,1-2H3;1H/q+1;/p-1. The van der Waals surface area contributed by atoms with Crippen molar-refractivity contribution in [1.29, 1.82) is 0 Å². The topological polar surface area (TPSA) is 29.3 Å². The van der Waals surface area contributed by atoms with Gasteiger partial charge < -0.3 is 17.1 Å². The SMILES string of the molecule is CC1(C)COC2=[N+]1C(=O)c1ccsc12.[Cl-]. The van der Waals surface area contributed by atoms with Gasteiger partial charge in [-0.05, 0) is 11.4 Å². The molecule has 15 heavy (non-hydrogen) atoms. The Hall–Kier alpha value is -0.870. The molecule has 2 aliphatic heterocycles. The molecule has 5 heteroatoms. The molecule has 0 fully saturated rings. The quantitative estimate of drug-likeness (QED) is 0.518. The van der Waals surface area contributed by atoms with E-state index in [0.717, 1.165) is 16.3 Å². The minimum atomic E-state index is -0.203. The lowest BCUT2D eigenvalue weighted by Gasteiger charge is -2.09. The van der Waals surface area contributed by atoms with Crippen molar-refractivity contribution in [2.24, 2.45) is 0 Å². The van der Waals surface area contributed by atoms with Gasteiger partial charge in [0.25, 0.3) is 0 Å². The maximum absolute atomic E-state index is 12.0. The van der Waals surface area contributed by atoms with Crippen molar-refractivity contribution in [1.82, 2.24) is 0 Å². The summed E-state index contributed by atoms with van der Waals surface area (Å²) in [6, 6.07) is 1.87. The van der Waals surface area contributed by atoms with Crippen LogP contribution in [0.2, 0.25) is 0 Å². The molecule has 3 heterocycles. The Kier molecular flexibility index (Phi) is 2.17. The summed E-state index contributed by atoms with van der Waals surface area (Å²) in [5, 5.41) is 1.93. The number of ether oxygens (including phenoxy) is 1. The van der Waals surface area contributed by atoms with E-state index in [9.17, 15) is 4.79 Å². The van der Waals surface area contributed by atoms with Crippen molar-refractivity contribution in [2.45, 2.75) is 19.4 Å². The molecule has 0 saturated heterocycles. The molecule has 3 rings (SSSR count). The molecular weight excluding hydrogens is 234 g/mol. The molecule has 1 aromatic heterocycles. The second-order valence-corrected chi connectivity index (χ2v) is 5.13. The number of rotatable bonds is 0. The van der Waals surface area contributed by atoms with Crippen LogP contribution in [-0.4, -0.2) is 28.5 Å². The van der Waals surface area contributed by atoms with E-state index in [1.807, 2.05) is 25.3 Å². The van der Waals surface area contributed by atoms with Gasteiger partial charge in [-0.1, -0.05) is 0 Å². The highest BCUT2D eigenvalue weighted by atomic mass is 35.5. The average molecular weight is 244 g/mol. The molecule has 0 radical (unpaired) electrons. The van der Waals surface area contributed by atoms with Gasteiger partial charge in [-0.3, -0.25) is 0 Å². The summed E-state index contributed by atoms with van der Waals surface area (Å²) in [6.45, 7) is 4.63. The second kappa shape index (κ2) is 3.06. The van der Waals surface area contributed by atoms with Crippen LogP contribution in [0.1, 0.15) is 29.1 Å². The minimum Gasteiger partial charge on any atom is -1.00 e. The van der Waals surface area contributed by atoms with Gasteiger partial charge in [-0.2, -0.15) is 0 Å².